The highest BCUT2D eigenvalue weighted by atomic mass is 16.7. The molecule has 3 nitrogen and oxygen atoms in total. The Balaban J connectivity index is 0.000000281. The normalized spacial score (nSPS) is 41.2. The van der Waals surface area contributed by atoms with E-state index in [0.717, 1.165) is 19.4 Å². The van der Waals surface area contributed by atoms with Gasteiger partial charge in [0.2, 0.25) is 0 Å². The zero-order chi connectivity index (χ0) is 8.27. The predicted molar refractivity (Wildman–Crippen MR) is 43.2 cm³/mol. The summed E-state index contributed by atoms with van der Waals surface area (Å²) in [6, 6.07) is 0.115. The molecule has 3 atom stereocenters. The molecule has 3 heteroatoms. The Morgan fingerprint density at radius 2 is 2.00 bits per heavy atom. The molecule has 0 aromatic carbocycles. The van der Waals surface area contributed by atoms with Crippen LogP contribution < -0.4 is 5.73 Å². The van der Waals surface area contributed by atoms with E-state index in [0.29, 0.717) is 6.10 Å². The van der Waals surface area contributed by atoms with Crippen molar-refractivity contribution >= 4 is 0 Å². The van der Waals surface area contributed by atoms with E-state index >= 15 is 0 Å². The van der Waals surface area contributed by atoms with Crippen molar-refractivity contribution in [2.75, 3.05) is 6.61 Å². The number of ether oxygens (including phenoxy) is 2. The average Bonchev–Trinajstić information content (AvgIpc) is 2.46. The number of hydrogen-bond acceptors (Lipinski definition) is 3. The molecule has 0 amide bonds. The lowest BCUT2D eigenvalue weighted by atomic mass is 10.1. The monoisotopic (exact) mass is 159 g/mol. The standard InChI is InChI=1S/C6H11NO2.C2H6/c7-5-2-1-4-3-8-6(5)9-4;1-2/h4-6H,1-3,7H2;1-2H3. The van der Waals surface area contributed by atoms with Gasteiger partial charge in [-0.05, 0) is 12.8 Å². The van der Waals surface area contributed by atoms with E-state index in [1.165, 1.54) is 0 Å². The third-order valence-corrected chi connectivity index (χ3v) is 1.94. The quantitative estimate of drug-likeness (QED) is 0.570. The van der Waals surface area contributed by atoms with Crippen LogP contribution in [0.5, 0.6) is 0 Å². The summed E-state index contributed by atoms with van der Waals surface area (Å²) in [6.45, 7) is 4.75. The molecule has 2 aliphatic heterocycles. The van der Waals surface area contributed by atoms with Gasteiger partial charge in [-0.25, -0.2) is 0 Å². The maximum atomic E-state index is 5.67. The van der Waals surface area contributed by atoms with Gasteiger partial charge in [-0.1, -0.05) is 13.8 Å². The van der Waals surface area contributed by atoms with Crippen molar-refractivity contribution in [3.63, 3.8) is 0 Å². The van der Waals surface area contributed by atoms with E-state index in [9.17, 15) is 0 Å². The van der Waals surface area contributed by atoms with E-state index < -0.39 is 0 Å². The maximum absolute atomic E-state index is 5.67. The summed E-state index contributed by atoms with van der Waals surface area (Å²) in [5.41, 5.74) is 5.67. The van der Waals surface area contributed by atoms with Gasteiger partial charge in [-0.15, -0.1) is 0 Å². The van der Waals surface area contributed by atoms with Crippen LogP contribution in [0.25, 0.3) is 0 Å². The Labute approximate surface area is 67.9 Å². The van der Waals surface area contributed by atoms with Gasteiger partial charge in [0.05, 0.1) is 18.8 Å². The van der Waals surface area contributed by atoms with Gasteiger partial charge < -0.3 is 15.2 Å². The maximum Gasteiger partial charge on any atom is 0.173 e. The summed E-state index contributed by atoms with van der Waals surface area (Å²) in [7, 11) is 0. The molecule has 2 rings (SSSR count). The van der Waals surface area contributed by atoms with E-state index in [4.69, 9.17) is 15.2 Å². The van der Waals surface area contributed by atoms with Gasteiger partial charge in [-0.2, -0.15) is 0 Å². The predicted octanol–water partition coefficient (Wildman–Crippen LogP) is 0.875. The summed E-state index contributed by atoms with van der Waals surface area (Å²) in [4.78, 5) is 0. The zero-order valence-electron chi connectivity index (χ0n) is 7.25. The first-order chi connectivity index (χ1) is 5.36. The smallest absolute Gasteiger partial charge is 0.173 e. The minimum Gasteiger partial charge on any atom is -0.348 e. The fourth-order valence-corrected chi connectivity index (χ4v) is 1.36. The van der Waals surface area contributed by atoms with Crippen molar-refractivity contribution < 1.29 is 9.47 Å². The molecular formula is C8H17NO2. The second-order valence-electron chi connectivity index (χ2n) is 2.70. The van der Waals surface area contributed by atoms with E-state index in [1.54, 1.807) is 0 Å². The molecule has 0 radical (unpaired) electrons. The zero-order valence-corrected chi connectivity index (χ0v) is 7.25. The minimum absolute atomic E-state index is 0.0938. The van der Waals surface area contributed by atoms with E-state index in [2.05, 4.69) is 0 Å². The van der Waals surface area contributed by atoms with Gasteiger partial charge >= 0.3 is 0 Å². The fraction of sp³-hybridized carbons (Fsp3) is 1.00. The van der Waals surface area contributed by atoms with E-state index in [-0.39, 0.29) is 12.3 Å². The third kappa shape index (κ3) is 1.92. The van der Waals surface area contributed by atoms with Crippen LogP contribution in [0.1, 0.15) is 26.7 Å². The fourth-order valence-electron chi connectivity index (χ4n) is 1.36. The summed E-state index contributed by atoms with van der Waals surface area (Å²) >= 11 is 0. The first-order valence-corrected chi connectivity index (χ1v) is 4.39. The Hall–Kier alpha value is -0.120. The number of hydrogen-bond donors (Lipinski definition) is 1. The average molecular weight is 159 g/mol. The molecular weight excluding hydrogens is 142 g/mol. The van der Waals surface area contributed by atoms with Crippen molar-refractivity contribution in [2.24, 2.45) is 5.73 Å². The molecule has 2 aliphatic rings. The van der Waals surface area contributed by atoms with Crippen LogP contribution in [0.3, 0.4) is 0 Å². The molecule has 2 heterocycles. The molecule has 0 saturated carbocycles. The lowest BCUT2D eigenvalue weighted by Gasteiger charge is -2.23. The molecule has 0 spiro atoms. The molecule has 0 aromatic rings. The van der Waals surface area contributed by atoms with Crippen LogP contribution in [0.2, 0.25) is 0 Å². The highest BCUT2D eigenvalue weighted by Crippen LogP contribution is 2.25. The van der Waals surface area contributed by atoms with Crippen LogP contribution in [0, 0.1) is 0 Å². The van der Waals surface area contributed by atoms with Gasteiger partial charge in [-0.3, -0.25) is 0 Å². The molecule has 2 bridgehead atoms. The molecule has 2 N–H and O–H groups in total. The van der Waals surface area contributed by atoms with Crippen LogP contribution in [0.4, 0.5) is 0 Å². The first-order valence-electron chi connectivity index (χ1n) is 4.39. The van der Waals surface area contributed by atoms with Crippen LogP contribution in [-0.4, -0.2) is 25.0 Å². The lowest BCUT2D eigenvalue weighted by Crippen LogP contribution is -2.39. The second-order valence-corrected chi connectivity index (χ2v) is 2.70. The summed E-state index contributed by atoms with van der Waals surface area (Å²) in [5, 5.41) is 0. The number of fused-ring (bicyclic) bond motifs is 2. The van der Waals surface area contributed by atoms with Crippen molar-refractivity contribution in [1.82, 2.24) is 0 Å². The van der Waals surface area contributed by atoms with Crippen molar-refractivity contribution in [3.05, 3.63) is 0 Å². The molecule has 0 aliphatic carbocycles. The summed E-state index contributed by atoms with van der Waals surface area (Å²) < 4.78 is 10.6. The van der Waals surface area contributed by atoms with Gasteiger partial charge in [0.25, 0.3) is 0 Å². The van der Waals surface area contributed by atoms with Crippen LogP contribution in [0.15, 0.2) is 0 Å². The summed E-state index contributed by atoms with van der Waals surface area (Å²) in [6.07, 6.45) is 2.37. The second kappa shape index (κ2) is 4.04. The highest BCUT2D eigenvalue weighted by molar-refractivity contribution is 4.80. The Kier molecular flexibility index (Phi) is 3.30. The lowest BCUT2D eigenvalue weighted by molar-refractivity contribution is -0.0942. The van der Waals surface area contributed by atoms with Crippen molar-refractivity contribution in [1.29, 1.82) is 0 Å². The van der Waals surface area contributed by atoms with E-state index in [1.807, 2.05) is 13.8 Å². The van der Waals surface area contributed by atoms with Crippen LogP contribution in [-0.2, 0) is 9.47 Å². The SMILES string of the molecule is CC.NC1CCC2COC1O2. The molecule has 2 saturated heterocycles. The molecule has 66 valence electrons. The first kappa shape index (κ1) is 8.97. The van der Waals surface area contributed by atoms with Gasteiger partial charge in [0.1, 0.15) is 0 Å². The summed E-state index contributed by atoms with van der Waals surface area (Å²) in [5.74, 6) is 0. The third-order valence-electron chi connectivity index (χ3n) is 1.94. The van der Waals surface area contributed by atoms with Crippen LogP contribution >= 0.6 is 0 Å². The molecule has 0 aromatic heterocycles. The molecule has 11 heavy (non-hydrogen) atoms. The Morgan fingerprint density at radius 1 is 1.27 bits per heavy atom. The Morgan fingerprint density at radius 3 is 2.64 bits per heavy atom. The molecule has 2 fully saturated rings. The van der Waals surface area contributed by atoms with Crippen molar-refractivity contribution in [3.8, 4) is 0 Å². The Bertz CT molecular complexity index is 119. The largest absolute Gasteiger partial charge is 0.348 e. The number of nitrogens with two attached hydrogens (primary N) is 1. The minimum atomic E-state index is -0.0938. The highest BCUT2D eigenvalue weighted by Gasteiger charge is 2.35. The van der Waals surface area contributed by atoms with Crippen molar-refractivity contribution in [2.45, 2.75) is 45.1 Å². The number of rotatable bonds is 0. The topological polar surface area (TPSA) is 44.5 Å². The van der Waals surface area contributed by atoms with Gasteiger partial charge in [0.15, 0.2) is 6.29 Å². The molecule has 3 unspecified atom stereocenters. The van der Waals surface area contributed by atoms with Gasteiger partial charge in [0, 0.05) is 0 Å².